The third-order valence-corrected chi connectivity index (χ3v) is 6.43. The molecule has 1 N–H and O–H groups in total. The summed E-state index contributed by atoms with van der Waals surface area (Å²) < 4.78 is 1.97. The van der Waals surface area contributed by atoms with E-state index in [1.165, 1.54) is 6.92 Å². The monoisotopic (exact) mass is 474 g/mol. The molecule has 1 amide bonds. The zero-order valence-corrected chi connectivity index (χ0v) is 20.7. The highest BCUT2D eigenvalue weighted by molar-refractivity contribution is 6.12. The van der Waals surface area contributed by atoms with Crippen LogP contribution in [-0.4, -0.2) is 25.7 Å². The highest BCUT2D eigenvalue weighted by Crippen LogP contribution is 2.36. The molecule has 3 heterocycles. The van der Waals surface area contributed by atoms with Crippen LogP contribution in [0.3, 0.4) is 0 Å². The van der Waals surface area contributed by atoms with E-state index in [2.05, 4.69) is 29.4 Å². The van der Waals surface area contributed by atoms with Crippen LogP contribution >= 0.6 is 0 Å². The number of hydrogen-bond acceptors (Lipinski definition) is 5. The quantitative estimate of drug-likeness (QED) is 0.332. The molecule has 7 nitrogen and oxygen atoms in total. The molecule has 0 atom stereocenters. The van der Waals surface area contributed by atoms with Crippen LogP contribution in [-0.2, 0) is 16.8 Å². The van der Waals surface area contributed by atoms with Crippen molar-refractivity contribution < 1.29 is 4.79 Å². The van der Waals surface area contributed by atoms with Crippen LogP contribution in [0.2, 0.25) is 0 Å². The summed E-state index contributed by atoms with van der Waals surface area (Å²) in [6.07, 6.45) is 5.29. The number of fused-ring (bicyclic) bond motifs is 3. The smallest absolute Gasteiger partial charge is 0.221 e. The molecule has 5 aromatic rings. The van der Waals surface area contributed by atoms with Crippen molar-refractivity contribution in [3.8, 4) is 28.5 Å². The van der Waals surface area contributed by atoms with Crippen molar-refractivity contribution in [3.05, 3.63) is 72.7 Å². The van der Waals surface area contributed by atoms with Crippen LogP contribution in [0.4, 0.5) is 5.69 Å². The minimum absolute atomic E-state index is 0.140. The van der Waals surface area contributed by atoms with Crippen molar-refractivity contribution >= 4 is 33.4 Å². The molecule has 0 saturated heterocycles. The van der Waals surface area contributed by atoms with E-state index in [4.69, 9.17) is 10.1 Å². The van der Waals surface area contributed by atoms with Gasteiger partial charge < -0.3 is 5.32 Å². The van der Waals surface area contributed by atoms with E-state index in [0.717, 1.165) is 49.8 Å². The molecule has 0 aliphatic carbocycles. The Bertz CT molecular complexity index is 1660. The number of rotatable bonds is 5. The van der Waals surface area contributed by atoms with Crippen LogP contribution in [0.5, 0.6) is 0 Å². The first-order valence-corrected chi connectivity index (χ1v) is 11.8. The molecule has 0 fully saturated rings. The summed E-state index contributed by atoms with van der Waals surface area (Å²) in [7, 11) is 0. The number of nitrogens with zero attached hydrogens (tertiary/aromatic N) is 5. The molecule has 0 saturated carbocycles. The molecule has 0 radical (unpaired) electrons. The highest BCUT2D eigenvalue weighted by atomic mass is 16.1. The number of amides is 1. The topological polar surface area (TPSA) is 96.5 Å². The second-order valence-corrected chi connectivity index (χ2v) is 9.37. The van der Waals surface area contributed by atoms with Crippen LogP contribution in [0.15, 0.2) is 67.1 Å². The van der Waals surface area contributed by atoms with Gasteiger partial charge >= 0.3 is 0 Å². The lowest BCUT2D eigenvalue weighted by Crippen LogP contribution is -2.13. The first-order chi connectivity index (χ1) is 17.3. The maximum absolute atomic E-state index is 11.5. The molecule has 7 heteroatoms. The molecule has 2 aromatic carbocycles. The van der Waals surface area contributed by atoms with Gasteiger partial charge in [0.05, 0.1) is 40.6 Å². The van der Waals surface area contributed by atoms with Crippen molar-refractivity contribution in [2.75, 3.05) is 5.32 Å². The Morgan fingerprint density at radius 2 is 1.78 bits per heavy atom. The summed E-state index contributed by atoms with van der Waals surface area (Å²) >= 11 is 0. The number of carbonyl (C=O) groups is 1. The SMILES string of the molecule is CCn1nc(-c2ccc(C(C)(C)C#N)cc2)c2c3cc(-c4cncc(NC(C)=O)c4)ccc3ncc21. The second-order valence-electron chi connectivity index (χ2n) is 9.37. The van der Waals surface area contributed by atoms with E-state index < -0.39 is 5.41 Å². The lowest BCUT2D eigenvalue weighted by molar-refractivity contribution is -0.114. The Hall–Kier alpha value is -4.57. The van der Waals surface area contributed by atoms with Crippen molar-refractivity contribution in [2.24, 2.45) is 0 Å². The lowest BCUT2D eigenvalue weighted by atomic mass is 9.86. The van der Waals surface area contributed by atoms with E-state index in [-0.39, 0.29) is 5.91 Å². The van der Waals surface area contributed by atoms with Gasteiger partial charge in [0.1, 0.15) is 5.69 Å². The van der Waals surface area contributed by atoms with E-state index in [1.807, 2.05) is 67.2 Å². The van der Waals surface area contributed by atoms with Gasteiger partial charge in [0.2, 0.25) is 5.91 Å². The fraction of sp³-hybridized carbons (Fsp3) is 0.207. The van der Waals surface area contributed by atoms with Gasteiger partial charge in [-0.2, -0.15) is 10.4 Å². The molecular weight excluding hydrogens is 448 g/mol. The molecule has 178 valence electrons. The standard InChI is InChI=1S/C29H26N6O/c1-5-35-26-16-32-25-11-8-20(21-12-23(15-31-14-21)33-18(2)36)13-24(25)27(26)28(34-35)19-6-9-22(10-7-19)29(3,4)17-30/h6-16H,5H2,1-4H3,(H,33,36). The molecular formula is C29H26N6O. The molecule has 0 aliphatic rings. The second kappa shape index (κ2) is 8.90. The third kappa shape index (κ3) is 4.07. The first-order valence-electron chi connectivity index (χ1n) is 11.8. The number of aryl methyl sites for hydroxylation is 1. The van der Waals surface area contributed by atoms with Crippen LogP contribution in [0.1, 0.15) is 33.3 Å². The number of nitrogens with one attached hydrogen (secondary N) is 1. The Kier molecular flexibility index (Phi) is 5.73. The van der Waals surface area contributed by atoms with Gasteiger partial charge in [-0.15, -0.1) is 0 Å². The van der Waals surface area contributed by atoms with E-state index in [0.29, 0.717) is 12.2 Å². The number of anilines is 1. The predicted octanol–water partition coefficient (Wildman–Crippen LogP) is 6.09. The van der Waals surface area contributed by atoms with Crippen LogP contribution in [0, 0.1) is 11.3 Å². The fourth-order valence-corrected chi connectivity index (χ4v) is 4.45. The van der Waals surface area contributed by atoms with Crippen molar-refractivity contribution in [1.82, 2.24) is 19.7 Å². The number of aromatic nitrogens is 4. The van der Waals surface area contributed by atoms with Gasteiger partial charge in [0.15, 0.2) is 0 Å². The van der Waals surface area contributed by atoms with Crippen molar-refractivity contribution in [2.45, 2.75) is 39.7 Å². The maximum atomic E-state index is 11.5. The molecule has 0 unspecified atom stereocenters. The largest absolute Gasteiger partial charge is 0.325 e. The number of benzene rings is 2. The fourth-order valence-electron chi connectivity index (χ4n) is 4.45. The normalized spacial score (nSPS) is 11.5. The summed E-state index contributed by atoms with van der Waals surface area (Å²) in [4.78, 5) is 20.5. The summed E-state index contributed by atoms with van der Waals surface area (Å²) in [5.74, 6) is -0.140. The third-order valence-electron chi connectivity index (χ3n) is 6.43. The van der Waals surface area contributed by atoms with E-state index in [1.54, 1.807) is 12.4 Å². The average Bonchev–Trinajstić information content (AvgIpc) is 3.27. The molecule has 3 aromatic heterocycles. The first kappa shape index (κ1) is 23.2. The summed E-state index contributed by atoms with van der Waals surface area (Å²) in [5, 5.41) is 19.3. The van der Waals surface area contributed by atoms with Gasteiger partial charge in [0, 0.05) is 41.6 Å². The van der Waals surface area contributed by atoms with Crippen LogP contribution < -0.4 is 5.32 Å². The highest BCUT2D eigenvalue weighted by Gasteiger charge is 2.21. The number of pyridine rings is 2. The van der Waals surface area contributed by atoms with E-state index in [9.17, 15) is 10.1 Å². The Balaban J connectivity index is 1.70. The van der Waals surface area contributed by atoms with Gasteiger partial charge in [-0.3, -0.25) is 19.4 Å². The predicted molar refractivity (Wildman–Crippen MR) is 142 cm³/mol. The van der Waals surface area contributed by atoms with Crippen molar-refractivity contribution in [1.29, 1.82) is 5.26 Å². The zero-order valence-electron chi connectivity index (χ0n) is 20.7. The zero-order chi connectivity index (χ0) is 25.4. The Labute approximate surface area is 209 Å². The Morgan fingerprint density at radius 3 is 2.47 bits per heavy atom. The lowest BCUT2D eigenvalue weighted by Gasteiger charge is -2.15. The molecule has 0 bridgehead atoms. The van der Waals surface area contributed by atoms with Gasteiger partial charge in [-0.1, -0.05) is 30.3 Å². The minimum Gasteiger partial charge on any atom is -0.325 e. The van der Waals surface area contributed by atoms with Crippen molar-refractivity contribution in [3.63, 3.8) is 0 Å². The van der Waals surface area contributed by atoms with Gasteiger partial charge in [-0.25, -0.2) is 0 Å². The molecule has 36 heavy (non-hydrogen) atoms. The summed E-state index contributed by atoms with van der Waals surface area (Å²) in [5.41, 5.74) is 6.62. The molecule has 0 spiro atoms. The van der Waals surface area contributed by atoms with Gasteiger partial charge in [-0.05, 0) is 50.1 Å². The van der Waals surface area contributed by atoms with E-state index >= 15 is 0 Å². The summed E-state index contributed by atoms with van der Waals surface area (Å²) in [6.45, 7) is 8.09. The number of carbonyl (C=O) groups excluding carboxylic acids is 1. The minimum atomic E-state index is -0.561. The molecule has 5 rings (SSSR count). The number of hydrogen-bond donors (Lipinski definition) is 1. The molecule has 0 aliphatic heterocycles. The van der Waals surface area contributed by atoms with Crippen LogP contribution in [0.25, 0.3) is 44.2 Å². The maximum Gasteiger partial charge on any atom is 0.221 e. The summed E-state index contributed by atoms with van der Waals surface area (Å²) in [6, 6.07) is 18.5. The number of nitriles is 1. The average molecular weight is 475 g/mol. The van der Waals surface area contributed by atoms with Gasteiger partial charge in [0.25, 0.3) is 0 Å². The Morgan fingerprint density at radius 1 is 1.03 bits per heavy atom.